The number of non-ortho nitro benzene ring substituents is 1. The predicted octanol–water partition coefficient (Wildman–Crippen LogP) is 5.66. The van der Waals surface area contributed by atoms with E-state index < -0.39 is 10.9 Å². The topological polar surface area (TPSA) is 69.4 Å². The Morgan fingerprint density at radius 1 is 0.929 bits per heavy atom. The average molecular weight is 375 g/mol. The maximum atomic E-state index is 12.8. The summed E-state index contributed by atoms with van der Waals surface area (Å²) in [7, 11) is 0. The molecule has 2 aromatic rings. The maximum Gasteiger partial charge on any atom is 0.343 e. The maximum absolute atomic E-state index is 12.8. The van der Waals surface area contributed by atoms with Crippen LogP contribution in [0, 0.1) is 22.0 Å². The summed E-state index contributed by atoms with van der Waals surface area (Å²) in [5, 5.41) is 10.8. The second-order valence-corrected chi connectivity index (χ2v) is 7.47. The van der Waals surface area contributed by atoms with Gasteiger partial charge in [0.25, 0.3) is 5.69 Å². The number of ether oxygens (including phenoxy) is 1. The van der Waals surface area contributed by atoms with Crippen LogP contribution >= 0.6 is 0 Å². The summed E-state index contributed by atoms with van der Waals surface area (Å²) in [6, 6.07) is 11.2. The molecule has 0 spiro atoms. The number of carbonyl (C=O) groups is 1. The van der Waals surface area contributed by atoms with Crippen molar-refractivity contribution in [3.05, 3.63) is 82.4 Å². The van der Waals surface area contributed by atoms with Gasteiger partial charge in [-0.2, -0.15) is 0 Å². The van der Waals surface area contributed by atoms with Crippen molar-refractivity contribution in [3.8, 4) is 5.75 Å². The van der Waals surface area contributed by atoms with E-state index in [1.54, 1.807) is 0 Å². The quantitative estimate of drug-likeness (QED) is 0.271. The number of hydrogen-bond acceptors (Lipinski definition) is 4. The van der Waals surface area contributed by atoms with Crippen LogP contribution in [0.15, 0.2) is 55.6 Å². The summed E-state index contributed by atoms with van der Waals surface area (Å²) in [5.74, 6) is 0.818. The van der Waals surface area contributed by atoms with Gasteiger partial charge in [0, 0.05) is 23.3 Å². The molecule has 2 fully saturated rings. The van der Waals surface area contributed by atoms with E-state index in [0.29, 0.717) is 17.6 Å². The van der Waals surface area contributed by atoms with E-state index in [-0.39, 0.29) is 11.3 Å². The molecule has 0 bridgehead atoms. The number of carbonyl (C=O) groups excluding carboxylic acids is 1. The highest BCUT2D eigenvalue weighted by Crippen LogP contribution is 2.48. The van der Waals surface area contributed by atoms with Crippen LogP contribution in [0.2, 0.25) is 0 Å². The molecular formula is C23H21NO4. The molecule has 5 heteroatoms. The first-order valence-electron chi connectivity index (χ1n) is 9.43. The molecule has 142 valence electrons. The van der Waals surface area contributed by atoms with Crippen LogP contribution in [0.1, 0.15) is 47.2 Å². The molecule has 0 saturated heterocycles. The van der Waals surface area contributed by atoms with E-state index in [4.69, 9.17) is 4.74 Å². The van der Waals surface area contributed by atoms with Gasteiger partial charge in [0.05, 0.1) is 10.5 Å². The minimum absolute atomic E-state index is 0.0677. The third-order valence-electron chi connectivity index (χ3n) is 5.36. The largest absolute Gasteiger partial charge is 0.422 e. The zero-order valence-corrected chi connectivity index (χ0v) is 15.5. The fraction of sp³-hybridized carbons (Fsp3) is 0.261. The summed E-state index contributed by atoms with van der Waals surface area (Å²) in [4.78, 5) is 23.1. The Kier molecular flexibility index (Phi) is 4.59. The number of rotatable bonds is 7. The lowest BCUT2D eigenvalue weighted by Crippen LogP contribution is -2.11. The normalized spacial score (nSPS) is 15.7. The lowest BCUT2D eigenvalue weighted by molar-refractivity contribution is -0.384. The van der Waals surface area contributed by atoms with Gasteiger partial charge in [-0.3, -0.25) is 10.1 Å². The van der Waals surface area contributed by atoms with Gasteiger partial charge < -0.3 is 4.74 Å². The third kappa shape index (κ3) is 3.60. The molecule has 0 amide bonds. The molecule has 2 aliphatic carbocycles. The standard InChI is InChI=1S/C23H21NO4/c1-14(16-6-7-16)20-4-3-5-21(15(2)17-8-9-17)22(20)28-23(25)18-10-12-19(13-11-18)24(26)27/h3-5,10-13,16-17H,1-2,6-9H2. The molecule has 28 heavy (non-hydrogen) atoms. The third-order valence-corrected chi connectivity index (χ3v) is 5.36. The van der Waals surface area contributed by atoms with Gasteiger partial charge in [0.2, 0.25) is 0 Å². The summed E-state index contributed by atoms with van der Waals surface area (Å²) >= 11 is 0. The Morgan fingerprint density at radius 3 is 1.86 bits per heavy atom. The number of nitro groups is 1. The lowest BCUT2D eigenvalue weighted by Gasteiger charge is -2.17. The molecule has 0 unspecified atom stereocenters. The second-order valence-electron chi connectivity index (χ2n) is 7.47. The minimum atomic E-state index is -0.546. The summed E-state index contributed by atoms with van der Waals surface area (Å²) < 4.78 is 5.83. The first kappa shape index (κ1) is 18.2. The Bertz CT molecular complexity index is 940. The molecule has 2 saturated carbocycles. The van der Waals surface area contributed by atoms with Crippen molar-refractivity contribution >= 4 is 22.8 Å². The number of allylic oxidation sites excluding steroid dienone is 2. The molecule has 2 aromatic carbocycles. The van der Waals surface area contributed by atoms with Gasteiger partial charge in [0.1, 0.15) is 5.75 Å². The highest BCUT2D eigenvalue weighted by Gasteiger charge is 2.32. The van der Waals surface area contributed by atoms with Crippen LogP contribution in [0.4, 0.5) is 5.69 Å². The van der Waals surface area contributed by atoms with E-state index >= 15 is 0 Å². The lowest BCUT2D eigenvalue weighted by atomic mass is 9.94. The van der Waals surface area contributed by atoms with Gasteiger partial charge in [-0.25, -0.2) is 4.79 Å². The van der Waals surface area contributed by atoms with Crippen molar-refractivity contribution < 1.29 is 14.5 Å². The van der Waals surface area contributed by atoms with Gasteiger partial charge in [-0.05, 0) is 60.8 Å². The van der Waals surface area contributed by atoms with Crippen molar-refractivity contribution in [1.82, 2.24) is 0 Å². The highest BCUT2D eigenvalue weighted by molar-refractivity contribution is 5.93. The molecule has 0 aliphatic heterocycles. The Hall–Kier alpha value is -3.21. The molecule has 0 radical (unpaired) electrons. The smallest absolute Gasteiger partial charge is 0.343 e. The Balaban J connectivity index is 1.68. The molecule has 2 aliphatic rings. The molecule has 0 heterocycles. The van der Waals surface area contributed by atoms with Crippen LogP contribution in [-0.2, 0) is 0 Å². The zero-order chi connectivity index (χ0) is 19.8. The monoisotopic (exact) mass is 375 g/mol. The second kappa shape index (κ2) is 7.08. The average Bonchev–Trinajstić information content (AvgIpc) is 3.58. The molecule has 5 nitrogen and oxygen atoms in total. The van der Waals surface area contributed by atoms with E-state index in [0.717, 1.165) is 48.0 Å². The van der Waals surface area contributed by atoms with E-state index in [9.17, 15) is 14.9 Å². The number of nitro benzene ring substituents is 1. The number of para-hydroxylation sites is 1. The molecule has 0 aromatic heterocycles. The number of benzene rings is 2. The van der Waals surface area contributed by atoms with Crippen LogP contribution in [-0.4, -0.2) is 10.9 Å². The summed E-state index contributed by atoms with van der Waals surface area (Å²) in [6.45, 7) is 8.45. The predicted molar refractivity (Wildman–Crippen MR) is 108 cm³/mol. The van der Waals surface area contributed by atoms with Crippen molar-refractivity contribution in [2.75, 3.05) is 0 Å². The number of esters is 1. The van der Waals surface area contributed by atoms with Crippen LogP contribution in [0.25, 0.3) is 11.1 Å². The van der Waals surface area contributed by atoms with Crippen LogP contribution in [0.3, 0.4) is 0 Å². The first-order chi connectivity index (χ1) is 13.5. The number of hydrogen-bond donors (Lipinski definition) is 0. The first-order valence-corrected chi connectivity index (χ1v) is 9.43. The minimum Gasteiger partial charge on any atom is -0.422 e. The van der Waals surface area contributed by atoms with Crippen LogP contribution in [0.5, 0.6) is 5.75 Å². The van der Waals surface area contributed by atoms with Gasteiger partial charge in [0.15, 0.2) is 0 Å². The molecule has 4 rings (SSSR count). The Morgan fingerprint density at radius 2 is 1.43 bits per heavy atom. The fourth-order valence-electron chi connectivity index (χ4n) is 3.33. The highest BCUT2D eigenvalue weighted by atomic mass is 16.6. The summed E-state index contributed by atoms with van der Waals surface area (Å²) in [5.41, 5.74) is 3.85. The summed E-state index contributed by atoms with van der Waals surface area (Å²) in [6.07, 6.45) is 4.40. The van der Waals surface area contributed by atoms with Gasteiger partial charge in [-0.15, -0.1) is 0 Å². The van der Waals surface area contributed by atoms with Crippen molar-refractivity contribution in [2.45, 2.75) is 25.7 Å². The van der Waals surface area contributed by atoms with E-state index in [2.05, 4.69) is 13.2 Å². The SMILES string of the molecule is C=C(c1cccc(C(=C)C2CC2)c1OC(=O)c1ccc([N+](=O)[O-])cc1)C1CC1. The van der Waals surface area contributed by atoms with Crippen molar-refractivity contribution in [2.24, 2.45) is 11.8 Å². The van der Waals surface area contributed by atoms with Crippen molar-refractivity contribution in [3.63, 3.8) is 0 Å². The van der Waals surface area contributed by atoms with E-state index in [1.165, 1.54) is 24.3 Å². The zero-order valence-electron chi connectivity index (χ0n) is 15.5. The van der Waals surface area contributed by atoms with Gasteiger partial charge >= 0.3 is 5.97 Å². The Labute approximate surface area is 163 Å². The number of nitrogens with zero attached hydrogens (tertiary/aromatic N) is 1. The van der Waals surface area contributed by atoms with Crippen molar-refractivity contribution in [1.29, 1.82) is 0 Å². The van der Waals surface area contributed by atoms with E-state index in [1.807, 2.05) is 18.2 Å². The fourth-order valence-corrected chi connectivity index (χ4v) is 3.33. The molecule has 0 atom stereocenters. The van der Waals surface area contributed by atoms with Crippen LogP contribution < -0.4 is 4.74 Å². The molecular weight excluding hydrogens is 354 g/mol. The molecule has 0 N–H and O–H groups in total. The van der Waals surface area contributed by atoms with Gasteiger partial charge in [-0.1, -0.05) is 31.4 Å².